The largest absolute Gasteiger partial charge is 0.353 e. The van der Waals surface area contributed by atoms with E-state index < -0.39 is 0 Å². The van der Waals surface area contributed by atoms with E-state index in [1.807, 2.05) is 0 Å². The average molecular weight is 239 g/mol. The Morgan fingerprint density at radius 3 is 2.41 bits per heavy atom. The minimum absolute atomic E-state index is 0.192. The lowest BCUT2D eigenvalue weighted by molar-refractivity contribution is -0.121. The van der Waals surface area contributed by atoms with Gasteiger partial charge in [-0.15, -0.1) is 0 Å². The Balaban J connectivity index is 1.63. The number of rotatable bonds is 5. The Labute approximate surface area is 104 Å². The SMILES string of the molecule is CC1CCCC(C)N1NCCC(=O)NC1CC1. The third kappa shape index (κ3) is 3.96. The van der Waals surface area contributed by atoms with Gasteiger partial charge in [-0.25, -0.2) is 5.01 Å². The predicted molar refractivity (Wildman–Crippen MR) is 68.4 cm³/mol. The first kappa shape index (κ1) is 12.8. The zero-order valence-electron chi connectivity index (χ0n) is 11.0. The van der Waals surface area contributed by atoms with Crippen LogP contribution in [0.3, 0.4) is 0 Å². The van der Waals surface area contributed by atoms with Crippen LogP contribution in [0.4, 0.5) is 0 Å². The van der Waals surface area contributed by atoms with Gasteiger partial charge in [0.2, 0.25) is 5.91 Å². The summed E-state index contributed by atoms with van der Waals surface area (Å²) in [5.41, 5.74) is 3.42. The maximum Gasteiger partial charge on any atom is 0.221 e. The molecule has 1 aliphatic heterocycles. The van der Waals surface area contributed by atoms with Gasteiger partial charge in [0.05, 0.1) is 0 Å². The van der Waals surface area contributed by atoms with E-state index in [1.54, 1.807) is 0 Å². The second-order valence-corrected chi connectivity index (χ2v) is 5.54. The van der Waals surface area contributed by atoms with Gasteiger partial charge in [0.1, 0.15) is 0 Å². The smallest absolute Gasteiger partial charge is 0.221 e. The molecule has 17 heavy (non-hydrogen) atoms. The van der Waals surface area contributed by atoms with Crippen LogP contribution in [-0.4, -0.2) is 35.6 Å². The highest BCUT2D eigenvalue weighted by molar-refractivity contribution is 5.76. The maximum absolute atomic E-state index is 11.5. The van der Waals surface area contributed by atoms with Crippen LogP contribution in [-0.2, 0) is 4.79 Å². The minimum atomic E-state index is 0.192. The lowest BCUT2D eigenvalue weighted by atomic mass is 10.00. The van der Waals surface area contributed by atoms with Crippen LogP contribution in [0.5, 0.6) is 0 Å². The van der Waals surface area contributed by atoms with Crippen LogP contribution in [0.2, 0.25) is 0 Å². The Bertz CT molecular complexity index is 255. The van der Waals surface area contributed by atoms with E-state index in [4.69, 9.17) is 0 Å². The van der Waals surface area contributed by atoms with E-state index in [-0.39, 0.29) is 5.91 Å². The third-order valence-corrected chi connectivity index (χ3v) is 3.78. The van der Waals surface area contributed by atoms with Gasteiger partial charge < -0.3 is 5.32 Å². The van der Waals surface area contributed by atoms with Crippen LogP contribution < -0.4 is 10.7 Å². The molecule has 0 bridgehead atoms. The second kappa shape index (κ2) is 5.83. The highest BCUT2D eigenvalue weighted by Gasteiger charge is 2.25. The van der Waals surface area contributed by atoms with Crippen molar-refractivity contribution in [1.82, 2.24) is 15.8 Å². The van der Waals surface area contributed by atoms with Crippen molar-refractivity contribution in [2.45, 2.75) is 70.5 Å². The van der Waals surface area contributed by atoms with Gasteiger partial charge in [0.15, 0.2) is 0 Å². The molecule has 98 valence electrons. The molecule has 2 aliphatic rings. The number of carbonyl (C=O) groups is 1. The third-order valence-electron chi connectivity index (χ3n) is 3.78. The standard InChI is InChI=1S/C13H25N3O/c1-10-4-3-5-11(2)16(10)14-9-8-13(17)15-12-6-7-12/h10-12,14H,3-9H2,1-2H3,(H,15,17). The van der Waals surface area contributed by atoms with E-state index in [1.165, 1.54) is 32.1 Å². The van der Waals surface area contributed by atoms with Crippen LogP contribution in [0, 0.1) is 0 Å². The van der Waals surface area contributed by atoms with Crippen molar-refractivity contribution in [3.8, 4) is 0 Å². The van der Waals surface area contributed by atoms with Crippen LogP contribution in [0.25, 0.3) is 0 Å². The highest BCUT2D eigenvalue weighted by Crippen LogP contribution is 2.20. The molecular formula is C13H25N3O. The van der Waals surface area contributed by atoms with E-state index in [9.17, 15) is 4.79 Å². The van der Waals surface area contributed by atoms with Crippen LogP contribution in [0.1, 0.15) is 52.4 Å². The minimum Gasteiger partial charge on any atom is -0.353 e. The van der Waals surface area contributed by atoms with Crippen molar-refractivity contribution in [2.24, 2.45) is 0 Å². The number of hydrazine groups is 1. The molecule has 2 unspecified atom stereocenters. The van der Waals surface area contributed by atoms with Crippen molar-refractivity contribution < 1.29 is 4.79 Å². The molecule has 2 rings (SSSR count). The Kier molecular flexibility index (Phi) is 4.40. The molecule has 2 atom stereocenters. The van der Waals surface area contributed by atoms with Gasteiger partial charge in [-0.2, -0.15) is 0 Å². The van der Waals surface area contributed by atoms with Crippen molar-refractivity contribution in [3.63, 3.8) is 0 Å². The highest BCUT2D eigenvalue weighted by atomic mass is 16.1. The van der Waals surface area contributed by atoms with E-state index >= 15 is 0 Å². The molecule has 0 aromatic rings. The molecule has 4 nitrogen and oxygen atoms in total. The van der Waals surface area contributed by atoms with E-state index in [0.717, 1.165) is 6.54 Å². The number of carbonyl (C=O) groups excluding carboxylic acids is 1. The second-order valence-electron chi connectivity index (χ2n) is 5.54. The monoisotopic (exact) mass is 239 g/mol. The molecule has 0 radical (unpaired) electrons. The first-order chi connectivity index (χ1) is 8.16. The molecule has 4 heteroatoms. The van der Waals surface area contributed by atoms with Gasteiger partial charge in [0, 0.05) is 31.1 Å². The summed E-state index contributed by atoms with van der Waals surface area (Å²) in [4.78, 5) is 11.5. The quantitative estimate of drug-likeness (QED) is 0.762. The van der Waals surface area contributed by atoms with Gasteiger partial charge >= 0.3 is 0 Å². The summed E-state index contributed by atoms with van der Waals surface area (Å²) in [6.07, 6.45) is 6.76. The molecule has 0 aromatic carbocycles. The normalized spacial score (nSPS) is 30.2. The lowest BCUT2D eigenvalue weighted by Gasteiger charge is -2.39. The fraction of sp³-hybridized carbons (Fsp3) is 0.923. The summed E-state index contributed by atoms with van der Waals surface area (Å²) in [6.45, 7) is 5.27. The zero-order valence-corrected chi connectivity index (χ0v) is 11.0. The average Bonchev–Trinajstić information content (AvgIpc) is 3.06. The Hall–Kier alpha value is -0.610. The summed E-state index contributed by atoms with van der Waals surface area (Å²) < 4.78 is 0. The van der Waals surface area contributed by atoms with Gasteiger partial charge in [-0.1, -0.05) is 6.42 Å². The van der Waals surface area contributed by atoms with Crippen molar-refractivity contribution in [2.75, 3.05) is 6.54 Å². The lowest BCUT2D eigenvalue weighted by Crippen LogP contribution is -2.52. The fourth-order valence-corrected chi connectivity index (χ4v) is 2.56. The first-order valence-electron chi connectivity index (χ1n) is 6.98. The summed E-state index contributed by atoms with van der Waals surface area (Å²) in [6, 6.07) is 1.66. The molecule has 2 N–H and O–H groups in total. The Morgan fingerprint density at radius 2 is 1.82 bits per heavy atom. The molecule has 0 spiro atoms. The number of hydrogen-bond donors (Lipinski definition) is 2. The number of piperidine rings is 1. The van der Waals surface area contributed by atoms with Crippen LogP contribution in [0.15, 0.2) is 0 Å². The summed E-state index contributed by atoms with van der Waals surface area (Å²) >= 11 is 0. The maximum atomic E-state index is 11.5. The van der Waals surface area contributed by atoms with Gasteiger partial charge in [-0.05, 0) is 39.5 Å². The fourth-order valence-electron chi connectivity index (χ4n) is 2.56. The van der Waals surface area contributed by atoms with Gasteiger partial charge in [-0.3, -0.25) is 10.2 Å². The van der Waals surface area contributed by atoms with Crippen molar-refractivity contribution >= 4 is 5.91 Å². The molecular weight excluding hydrogens is 214 g/mol. The Morgan fingerprint density at radius 1 is 1.18 bits per heavy atom. The van der Waals surface area contributed by atoms with Crippen molar-refractivity contribution in [1.29, 1.82) is 0 Å². The van der Waals surface area contributed by atoms with Gasteiger partial charge in [0.25, 0.3) is 0 Å². The summed E-state index contributed by atoms with van der Waals surface area (Å²) in [5, 5.41) is 5.34. The molecule has 0 aromatic heterocycles. The number of nitrogens with one attached hydrogen (secondary N) is 2. The number of hydrogen-bond acceptors (Lipinski definition) is 3. The van der Waals surface area contributed by atoms with Crippen LogP contribution >= 0.6 is 0 Å². The van der Waals surface area contributed by atoms with E-state index in [0.29, 0.717) is 24.5 Å². The number of nitrogens with zero attached hydrogens (tertiary/aromatic N) is 1. The van der Waals surface area contributed by atoms with Crippen molar-refractivity contribution in [3.05, 3.63) is 0 Å². The predicted octanol–water partition coefficient (Wildman–Crippen LogP) is 1.42. The number of amides is 1. The summed E-state index contributed by atoms with van der Waals surface area (Å²) in [5.74, 6) is 0.192. The zero-order chi connectivity index (χ0) is 12.3. The molecule has 1 amide bonds. The topological polar surface area (TPSA) is 44.4 Å². The summed E-state index contributed by atoms with van der Waals surface area (Å²) in [7, 11) is 0. The molecule has 2 fully saturated rings. The van der Waals surface area contributed by atoms with E-state index in [2.05, 4.69) is 29.6 Å². The molecule has 1 heterocycles. The molecule has 1 saturated heterocycles. The first-order valence-corrected chi connectivity index (χ1v) is 6.98. The molecule has 1 saturated carbocycles. The molecule has 1 aliphatic carbocycles.